The average molecular weight is 289 g/mol. The van der Waals surface area contributed by atoms with E-state index in [0.717, 1.165) is 11.1 Å². The lowest BCUT2D eigenvalue weighted by molar-refractivity contribution is -0.149. The number of nitrogens with zero attached hydrogens (tertiary/aromatic N) is 1. The Balaban J connectivity index is 2.10. The summed E-state index contributed by atoms with van der Waals surface area (Å²) in [6.45, 7) is 2.13. The number of benzene rings is 1. The van der Waals surface area contributed by atoms with Crippen molar-refractivity contribution in [2.45, 2.75) is 25.5 Å². The van der Waals surface area contributed by atoms with Crippen LogP contribution in [-0.2, 0) is 14.3 Å². The van der Waals surface area contributed by atoms with Crippen LogP contribution in [0.2, 0.25) is 0 Å². The Morgan fingerprint density at radius 1 is 1.43 bits per heavy atom. The van der Waals surface area contributed by atoms with E-state index in [0.29, 0.717) is 0 Å². The van der Waals surface area contributed by atoms with Crippen molar-refractivity contribution >= 4 is 18.0 Å². The van der Waals surface area contributed by atoms with E-state index in [1.807, 2.05) is 31.2 Å². The van der Waals surface area contributed by atoms with Crippen molar-refractivity contribution in [3.63, 3.8) is 0 Å². The average Bonchev–Trinajstić information content (AvgIpc) is 2.86. The number of β-amino-alcohol motifs (C(OH)–C–C–N with tert-alkyl or cyclic N) is 1. The molecule has 5 heteroatoms. The minimum Gasteiger partial charge on any atom is -0.467 e. The van der Waals surface area contributed by atoms with Crippen LogP contribution < -0.4 is 0 Å². The van der Waals surface area contributed by atoms with Crippen LogP contribution in [0.3, 0.4) is 0 Å². The molecule has 2 unspecified atom stereocenters. The zero-order valence-electron chi connectivity index (χ0n) is 12.2. The molecule has 0 bridgehead atoms. The number of likely N-dealkylation sites (tertiary alicyclic amines) is 1. The summed E-state index contributed by atoms with van der Waals surface area (Å²) in [5.41, 5.74) is 2.02. The maximum atomic E-state index is 12.2. The molecule has 0 aliphatic carbocycles. The van der Waals surface area contributed by atoms with Gasteiger partial charge in [0.15, 0.2) is 0 Å². The maximum absolute atomic E-state index is 12.2. The number of aliphatic hydroxyl groups is 1. The number of hydrogen-bond donors (Lipinski definition) is 1. The van der Waals surface area contributed by atoms with Crippen LogP contribution in [0.15, 0.2) is 30.3 Å². The summed E-state index contributed by atoms with van der Waals surface area (Å²) in [6.07, 6.45) is 2.65. The van der Waals surface area contributed by atoms with E-state index in [1.165, 1.54) is 18.1 Å². The van der Waals surface area contributed by atoms with Gasteiger partial charge < -0.3 is 14.7 Å². The monoisotopic (exact) mass is 289 g/mol. The number of rotatable bonds is 3. The van der Waals surface area contributed by atoms with Gasteiger partial charge in [0.05, 0.1) is 13.2 Å². The lowest BCUT2D eigenvalue weighted by Gasteiger charge is -2.20. The van der Waals surface area contributed by atoms with E-state index in [2.05, 4.69) is 4.74 Å². The van der Waals surface area contributed by atoms with Gasteiger partial charge in [-0.2, -0.15) is 0 Å². The minimum absolute atomic E-state index is 0.150. The van der Waals surface area contributed by atoms with E-state index in [-0.39, 0.29) is 18.9 Å². The topological polar surface area (TPSA) is 66.8 Å². The van der Waals surface area contributed by atoms with Crippen molar-refractivity contribution in [3.05, 3.63) is 41.5 Å². The highest BCUT2D eigenvalue weighted by Gasteiger charge is 2.38. The van der Waals surface area contributed by atoms with Crippen LogP contribution in [0.1, 0.15) is 17.5 Å². The molecule has 2 rings (SSSR count). The number of aliphatic hydroxyl groups excluding tert-OH is 1. The first-order valence-electron chi connectivity index (χ1n) is 6.82. The van der Waals surface area contributed by atoms with Gasteiger partial charge in [0.1, 0.15) is 6.04 Å². The van der Waals surface area contributed by atoms with Gasteiger partial charge in [0.25, 0.3) is 0 Å². The predicted octanol–water partition coefficient (Wildman–Crippen LogP) is 1.14. The number of amides is 1. The van der Waals surface area contributed by atoms with Gasteiger partial charge >= 0.3 is 5.97 Å². The third-order valence-electron chi connectivity index (χ3n) is 3.50. The SMILES string of the molecule is COC(=O)C1CC(O)CN1C(=O)/C=C/c1cccc(C)c1. The summed E-state index contributed by atoms with van der Waals surface area (Å²) in [7, 11) is 1.28. The molecule has 21 heavy (non-hydrogen) atoms. The summed E-state index contributed by atoms with van der Waals surface area (Å²) in [5.74, 6) is -0.799. The highest BCUT2D eigenvalue weighted by molar-refractivity contribution is 5.95. The third kappa shape index (κ3) is 3.70. The Bertz CT molecular complexity index is 567. The summed E-state index contributed by atoms with van der Waals surface area (Å²) < 4.78 is 4.67. The summed E-state index contributed by atoms with van der Waals surface area (Å²) in [5, 5.41) is 9.66. The number of aryl methyl sites for hydroxylation is 1. The number of hydrogen-bond acceptors (Lipinski definition) is 4. The highest BCUT2D eigenvalue weighted by Crippen LogP contribution is 2.20. The predicted molar refractivity (Wildman–Crippen MR) is 78.4 cm³/mol. The van der Waals surface area contributed by atoms with Gasteiger partial charge in [0, 0.05) is 19.0 Å². The second-order valence-corrected chi connectivity index (χ2v) is 5.17. The number of carbonyl (C=O) groups excluding carboxylic acids is 2. The molecule has 1 aromatic carbocycles. The molecular formula is C16H19NO4. The molecule has 1 aliphatic heterocycles. The molecule has 1 saturated heterocycles. The van der Waals surface area contributed by atoms with Gasteiger partial charge in [-0.1, -0.05) is 29.8 Å². The first-order chi connectivity index (χ1) is 10.0. The van der Waals surface area contributed by atoms with Crippen LogP contribution in [0.5, 0.6) is 0 Å². The minimum atomic E-state index is -0.709. The van der Waals surface area contributed by atoms with E-state index >= 15 is 0 Å². The fourth-order valence-electron chi connectivity index (χ4n) is 2.45. The molecule has 0 spiro atoms. The summed E-state index contributed by atoms with van der Waals surface area (Å²) >= 11 is 0. The molecule has 1 N–H and O–H groups in total. The van der Waals surface area contributed by atoms with E-state index < -0.39 is 18.1 Å². The molecule has 1 fully saturated rings. The number of esters is 1. The van der Waals surface area contributed by atoms with E-state index in [4.69, 9.17) is 0 Å². The Labute approximate surface area is 123 Å². The van der Waals surface area contributed by atoms with Crippen LogP contribution >= 0.6 is 0 Å². The van der Waals surface area contributed by atoms with Crippen molar-refractivity contribution in [2.75, 3.05) is 13.7 Å². The lowest BCUT2D eigenvalue weighted by Crippen LogP contribution is -2.40. The smallest absolute Gasteiger partial charge is 0.328 e. The number of carbonyl (C=O) groups is 2. The number of ether oxygens (including phenoxy) is 1. The van der Waals surface area contributed by atoms with Crippen LogP contribution in [0, 0.1) is 6.92 Å². The highest BCUT2D eigenvalue weighted by atomic mass is 16.5. The van der Waals surface area contributed by atoms with Gasteiger partial charge in [-0.25, -0.2) is 4.79 Å². The lowest BCUT2D eigenvalue weighted by atomic mass is 10.1. The Hall–Kier alpha value is -2.14. The van der Waals surface area contributed by atoms with E-state index in [9.17, 15) is 14.7 Å². The molecule has 112 valence electrons. The molecule has 1 amide bonds. The van der Waals surface area contributed by atoms with Crippen molar-refractivity contribution in [3.8, 4) is 0 Å². The Kier molecular flexibility index (Phi) is 4.75. The summed E-state index contributed by atoms with van der Waals surface area (Å²) in [6, 6.07) is 7.03. The van der Waals surface area contributed by atoms with Crippen molar-refractivity contribution < 1.29 is 19.4 Å². The molecule has 2 atom stereocenters. The molecule has 5 nitrogen and oxygen atoms in total. The molecule has 1 heterocycles. The Morgan fingerprint density at radius 2 is 2.19 bits per heavy atom. The van der Waals surface area contributed by atoms with Gasteiger partial charge in [-0.15, -0.1) is 0 Å². The molecular weight excluding hydrogens is 270 g/mol. The molecule has 0 aromatic heterocycles. The fraction of sp³-hybridized carbons (Fsp3) is 0.375. The van der Waals surface area contributed by atoms with Crippen molar-refractivity contribution in [2.24, 2.45) is 0 Å². The Morgan fingerprint density at radius 3 is 2.86 bits per heavy atom. The van der Waals surface area contributed by atoms with Crippen molar-refractivity contribution in [1.29, 1.82) is 0 Å². The quantitative estimate of drug-likeness (QED) is 0.669. The van der Waals surface area contributed by atoms with Gasteiger partial charge in [-0.3, -0.25) is 4.79 Å². The second kappa shape index (κ2) is 6.54. The van der Waals surface area contributed by atoms with Gasteiger partial charge in [-0.05, 0) is 18.6 Å². The molecule has 1 aliphatic rings. The summed E-state index contributed by atoms with van der Waals surface area (Å²) in [4.78, 5) is 25.2. The van der Waals surface area contributed by atoms with Gasteiger partial charge in [0.2, 0.25) is 5.91 Å². The van der Waals surface area contributed by atoms with Crippen molar-refractivity contribution in [1.82, 2.24) is 4.90 Å². The molecule has 1 aromatic rings. The van der Waals surface area contributed by atoms with E-state index in [1.54, 1.807) is 6.08 Å². The third-order valence-corrected chi connectivity index (χ3v) is 3.50. The number of methoxy groups -OCH3 is 1. The zero-order chi connectivity index (χ0) is 15.4. The zero-order valence-corrected chi connectivity index (χ0v) is 12.2. The largest absolute Gasteiger partial charge is 0.467 e. The normalized spacial score (nSPS) is 21.8. The van der Waals surface area contributed by atoms with Crippen LogP contribution in [0.4, 0.5) is 0 Å². The standard InChI is InChI=1S/C16H19NO4/c1-11-4-3-5-12(8-11)6-7-15(19)17-10-13(18)9-14(17)16(20)21-2/h3-8,13-14,18H,9-10H2,1-2H3/b7-6+. The van der Waals surface area contributed by atoms with Crippen LogP contribution in [-0.4, -0.2) is 47.7 Å². The second-order valence-electron chi connectivity index (χ2n) is 5.17. The molecule has 0 radical (unpaired) electrons. The van der Waals surface area contributed by atoms with Crippen LogP contribution in [0.25, 0.3) is 6.08 Å². The molecule has 0 saturated carbocycles. The first-order valence-corrected chi connectivity index (χ1v) is 6.82. The first kappa shape index (κ1) is 15.3. The fourth-order valence-corrected chi connectivity index (χ4v) is 2.45. The maximum Gasteiger partial charge on any atom is 0.328 e.